The maximum atomic E-state index is 12.7. The van der Waals surface area contributed by atoms with Gasteiger partial charge in [0.15, 0.2) is 0 Å². The van der Waals surface area contributed by atoms with Crippen LogP contribution in [-0.4, -0.2) is 21.5 Å². The van der Waals surface area contributed by atoms with E-state index < -0.39 is 40.0 Å². The van der Waals surface area contributed by atoms with E-state index in [0.29, 0.717) is 5.69 Å². The van der Waals surface area contributed by atoms with Crippen LogP contribution in [0.25, 0.3) is 0 Å². The molecule has 0 saturated heterocycles. The van der Waals surface area contributed by atoms with E-state index in [0.717, 1.165) is 0 Å². The third kappa shape index (κ3) is 2.61. The molecule has 0 bridgehead atoms. The maximum Gasteiger partial charge on any atom is 0.449 e. The quantitative estimate of drug-likeness (QED) is 0.878. The summed E-state index contributed by atoms with van der Waals surface area (Å²) in [6, 6.07) is 8.30. The lowest BCUT2D eigenvalue weighted by molar-refractivity contribution is -0.144. The van der Waals surface area contributed by atoms with Crippen molar-refractivity contribution in [3.05, 3.63) is 58.3 Å². The summed E-state index contributed by atoms with van der Waals surface area (Å²) in [6.07, 6.45) is -4.81. The third-order valence-corrected chi connectivity index (χ3v) is 3.46. The molecule has 0 atom stereocenters. The summed E-state index contributed by atoms with van der Waals surface area (Å²) in [5.41, 5.74) is -1.02. The van der Waals surface area contributed by atoms with Crippen LogP contribution in [0.3, 0.4) is 0 Å². The molecule has 1 aliphatic carbocycles. The van der Waals surface area contributed by atoms with Crippen molar-refractivity contribution in [1.29, 1.82) is 0 Å². The molecule has 9 heteroatoms. The average Bonchev–Trinajstić information content (AvgIpc) is 2.96. The Morgan fingerprint density at radius 3 is 2.35 bits per heavy atom. The molecule has 2 N–H and O–H groups in total. The number of halogens is 4. The molecule has 0 spiro atoms. The number of imidazole rings is 1. The second-order valence-electron chi connectivity index (χ2n) is 4.65. The lowest BCUT2D eigenvalue weighted by Gasteiger charge is -2.15. The first-order valence-electron chi connectivity index (χ1n) is 6.27. The molecule has 3 rings (SSSR count). The van der Waals surface area contributed by atoms with Crippen molar-refractivity contribution in [1.82, 2.24) is 9.97 Å². The smallest absolute Gasteiger partial charge is 0.351 e. The van der Waals surface area contributed by atoms with Crippen molar-refractivity contribution in [2.24, 2.45) is 0 Å². The maximum absolute atomic E-state index is 12.7. The minimum absolute atomic E-state index is 0.310. The van der Waals surface area contributed by atoms with Crippen LogP contribution in [0.15, 0.2) is 41.1 Å². The largest absolute Gasteiger partial charge is 0.449 e. The van der Waals surface area contributed by atoms with Gasteiger partial charge in [-0.3, -0.25) is 9.59 Å². The number of aromatic nitrogens is 2. The number of nitrogens with zero attached hydrogens (tertiary/aromatic N) is 1. The molecule has 118 valence electrons. The van der Waals surface area contributed by atoms with E-state index in [1.54, 1.807) is 30.3 Å². The summed E-state index contributed by atoms with van der Waals surface area (Å²) in [5, 5.41) is 2.15. The van der Waals surface area contributed by atoms with E-state index in [1.807, 2.05) is 4.98 Å². The van der Waals surface area contributed by atoms with Crippen LogP contribution in [-0.2, 0) is 6.18 Å². The van der Waals surface area contributed by atoms with Crippen molar-refractivity contribution in [2.45, 2.75) is 6.18 Å². The molecule has 1 heterocycles. The molecule has 23 heavy (non-hydrogen) atoms. The standard InChI is InChI=1S/C14H7ClF3N3O2/c15-7-8(19-6-4-2-1-3-5-6)12(23)10-9(11(7)22)20-13(21-10)14(16,17)18/h1-5,19H,(H,20,21). The van der Waals surface area contributed by atoms with Crippen molar-refractivity contribution in [2.75, 3.05) is 5.32 Å². The number of anilines is 1. The number of allylic oxidation sites excluding steroid dienone is 2. The first-order chi connectivity index (χ1) is 10.8. The molecular formula is C14H7ClF3N3O2. The minimum atomic E-state index is -4.81. The highest BCUT2D eigenvalue weighted by Gasteiger charge is 2.41. The molecule has 0 saturated carbocycles. The summed E-state index contributed by atoms with van der Waals surface area (Å²) in [5.74, 6) is -3.24. The molecule has 1 aliphatic rings. The van der Waals surface area contributed by atoms with Crippen molar-refractivity contribution in [3.63, 3.8) is 0 Å². The zero-order chi connectivity index (χ0) is 16.8. The number of nitrogens with one attached hydrogen (secondary N) is 2. The van der Waals surface area contributed by atoms with E-state index in [2.05, 4.69) is 10.3 Å². The zero-order valence-corrected chi connectivity index (χ0v) is 11.9. The summed E-state index contributed by atoms with van der Waals surface area (Å²) >= 11 is 5.85. The number of alkyl halides is 3. The number of hydrogen-bond acceptors (Lipinski definition) is 4. The topological polar surface area (TPSA) is 74.8 Å². The van der Waals surface area contributed by atoms with Crippen LogP contribution in [0.2, 0.25) is 0 Å². The molecule has 1 aromatic carbocycles. The average molecular weight is 342 g/mol. The molecule has 0 unspecified atom stereocenters. The van der Waals surface area contributed by atoms with Gasteiger partial charge in [-0.25, -0.2) is 4.98 Å². The van der Waals surface area contributed by atoms with Crippen LogP contribution in [0.1, 0.15) is 26.8 Å². The fourth-order valence-corrected chi connectivity index (χ4v) is 2.28. The van der Waals surface area contributed by atoms with Gasteiger partial charge in [-0.05, 0) is 12.1 Å². The number of carbonyl (C=O) groups excluding carboxylic acids is 2. The summed E-state index contributed by atoms with van der Waals surface area (Å²) in [7, 11) is 0. The Labute approximate surface area is 132 Å². The number of benzene rings is 1. The van der Waals surface area contributed by atoms with Gasteiger partial charge in [0.25, 0.3) is 0 Å². The Morgan fingerprint density at radius 2 is 1.74 bits per heavy atom. The number of rotatable bonds is 2. The van der Waals surface area contributed by atoms with Gasteiger partial charge in [0, 0.05) is 5.69 Å². The number of H-pyrrole nitrogens is 1. The van der Waals surface area contributed by atoms with Gasteiger partial charge in [-0.1, -0.05) is 29.8 Å². The summed E-state index contributed by atoms with van der Waals surface area (Å²) < 4.78 is 38.1. The molecule has 0 fully saturated rings. The first kappa shape index (κ1) is 15.3. The van der Waals surface area contributed by atoms with Crippen LogP contribution in [0.4, 0.5) is 18.9 Å². The van der Waals surface area contributed by atoms with Crippen molar-refractivity contribution in [3.8, 4) is 0 Å². The Hall–Kier alpha value is -2.61. The second-order valence-corrected chi connectivity index (χ2v) is 5.02. The van der Waals surface area contributed by atoms with Gasteiger partial charge >= 0.3 is 6.18 Å². The van der Waals surface area contributed by atoms with Gasteiger partial charge in [0.05, 0.1) is 0 Å². The number of ketones is 2. The summed E-state index contributed by atoms with van der Waals surface area (Å²) in [4.78, 5) is 29.4. The van der Waals surface area contributed by atoms with E-state index in [4.69, 9.17) is 11.6 Å². The fraction of sp³-hybridized carbons (Fsp3) is 0.0714. The van der Waals surface area contributed by atoms with Gasteiger partial charge in [-0.2, -0.15) is 13.2 Å². The lowest BCUT2D eigenvalue weighted by Crippen LogP contribution is -2.24. The zero-order valence-electron chi connectivity index (χ0n) is 11.2. The van der Waals surface area contributed by atoms with Crippen LogP contribution in [0.5, 0.6) is 0 Å². The SMILES string of the molecule is O=C1C(Nc2ccccc2)=C(Cl)C(=O)c2[nH]c(C(F)(F)F)nc21. The Bertz CT molecular complexity index is 841. The molecule has 1 aromatic heterocycles. The Morgan fingerprint density at radius 1 is 1.09 bits per heavy atom. The number of aromatic amines is 1. The van der Waals surface area contributed by atoms with E-state index in [-0.39, 0.29) is 5.70 Å². The normalized spacial score (nSPS) is 15.0. The van der Waals surface area contributed by atoms with Gasteiger partial charge < -0.3 is 10.3 Å². The van der Waals surface area contributed by atoms with E-state index in [9.17, 15) is 22.8 Å². The highest BCUT2D eigenvalue weighted by Crippen LogP contribution is 2.32. The molecular weight excluding hydrogens is 335 g/mol. The van der Waals surface area contributed by atoms with Gasteiger partial charge in [0.1, 0.15) is 22.1 Å². The predicted molar refractivity (Wildman–Crippen MR) is 75.2 cm³/mol. The number of hydrogen-bond donors (Lipinski definition) is 2. The van der Waals surface area contributed by atoms with Crippen molar-refractivity contribution >= 4 is 28.9 Å². The number of Topliss-reactive ketones (excluding diaryl/α,β-unsaturated/α-hetero) is 2. The molecule has 0 radical (unpaired) electrons. The number of carbonyl (C=O) groups is 2. The third-order valence-electron chi connectivity index (χ3n) is 3.10. The van der Waals surface area contributed by atoms with Gasteiger partial charge in [0.2, 0.25) is 17.4 Å². The highest BCUT2D eigenvalue weighted by molar-refractivity contribution is 6.49. The minimum Gasteiger partial charge on any atom is -0.351 e. The Kier molecular flexibility index (Phi) is 3.48. The molecule has 0 aliphatic heterocycles. The first-order valence-corrected chi connectivity index (χ1v) is 6.65. The van der Waals surface area contributed by atoms with E-state index in [1.165, 1.54) is 0 Å². The summed E-state index contributed by atoms with van der Waals surface area (Å²) in [6.45, 7) is 0. The Balaban J connectivity index is 2.04. The van der Waals surface area contributed by atoms with Crippen molar-refractivity contribution < 1.29 is 22.8 Å². The molecule has 2 aromatic rings. The fourth-order valence-electron chi connectivity index (χ4n) is 2.05. The lowest BCUT2D eigenvalue weighted by atomic mass is 10.0. The second kappa shape index (κ2) is 5.24. The van der Waals surface area contributed by atoms with Gasteiger partial charge in [-0.15, -0.1) is 0 Å². The van der Waals surface area contributed by atoms with Crippen LogP contribution >= 0.6 is 11.6 Å². The molecule has 5 nitrogen and oxygen atoms in total. The molecule has 0 amide bonds. The monoisotopic (exact) mass is 341 g/mol. The van der Waals surface area contributed by atoms with Crippen LogP contribution in [0, 0.1) is 0 Å². The number of para-hydroxylation sites is 1. The van der Waals surface area contributed by atoms with Crippen LogP contribution < -0.4 is 5.32 Å². The highest BCUT2D eigenvalue weighted by atomic mass is 35.5. The number of fused-ring (bicyclic) bond motifs is 1. The van der Waals surface area contributed by atoms with E-state index >= 15 is 0 Å². The predicted octanol–water partition coefficient (Wildman–Crippen LogP) is 3.37.